The molecule has 0 bridgehead atoms. The third-order valence-electron chi connectivity index (χ3n) is 3.59. The lowest BCUT2D eigenvalue weighted by Crippen LogP contribution is -2.14. The summed E-state index contributed by atoms with van der Waals surface area (Å²) in [5.41, 5.74) is 2.76. The van der Waals surface area contributed by atoms with Gasteiger partial charge in [-0.1, -0.05) is 35.1 Å². The number of amides is 1. The van der Waals surface area contributed by atoms with Crippen LogP contribution in [0.5, 0.6) is 0 Å². The highest BCUT2D eigenvalue weighted by Gasteiger charge is 2.12. The van der Waals surface area contributed by atoms with E-state index in [0.717, 1.165) is 20.7 Å². The first-order valence-corrected chi connectivity index (χ1v) is 9.41. The Hall–Kier alpha value is -1.56. The van der Waals surface area contributed by atoms with Gasteiger partial charge in [-0.2, -0.15) is 4.99 Å². The molecule has 0 aliphatic rings. The molecule has 0 aliphatic heterocycles. The Morgan fingerprint density at radius 2 is 2.04 bits per heavy atom. The van der Waals surface area contributed by atoms with Gasteiger partial charge in [0.05, 0.1) is 15.8 Å². The molecule has 1 aromatic heterocycles. The zero-order valence-electron chi connectivity index (χ0n) is 13.0. The minimum atomic E-state index is -0.221. The van der Waals surface area contributed by atoms with E-state index in [9.17, 15) is 4.79 Å². The maximum absolute atomic E-state index is 12.6. The van der Waals surface area contributed by atoms with Crippen molar-refractivity contribution in [2.45, 2.75) is 11.8 Å². The molecule has 0 N–H and O–H groups in total. The summed E-state index contributed by atoms with van der Waals surface area (Å²) < 4.78 is 2.98. The van der Waals surface area contributed by atoms with Gasteiger partial charge in [-0.15, -0.1) is 11.8 Å². The zero-order valence-corrected chi connectivity index (χ0v) is 15.4. The number of thioether (sulfide) groups is 1. The summed E-state index contributed by atoms with van der Waals surface area (Å²) in [6.07, 6.45) is 1.96. The van der Waals surface area contributed by atoms with Crippen molar-refractivity contribution in [2.24, 2.45) is 12.0 Å². The molecule has 118 valence electrons. The fraction of sp³-hybridized carbons (Fsp3) is 0.176. The number of thiazole rings is 1. The number of rotatable bonds is 2. The molecule has 1 heterocycles. The van der Waals surface area contributed by atoms with Crippen molar-refractivity contribution in [3.05, 3.63) is 57.3 Å². The van der Waals surface area contributed by atoms with E-state index in [1.807, 2.05) is 61.2 Å². The lowest BCUT2D eigenvalue weighted by atomic mass is 10.2. The highest BCUT2D eigenvalue weighted by molar-refractivity contribution is 7.98. The molecule has 0 radical (unpaired) electrons. The molecule has 6 heteroatoms. The van der Waals surface area contributed by atoms with E-state index in [-0.39, 0.29) is 5.91 Å². The van der Waals surface area contributed by atoms with Crippen LogP contribution in [-0.4, -0.2) is 16.7 Å². The summed E-state index contributed by atoms with van der Waals surface area (Å²) in [7, 11) is 1.92. The van der Waals surface area contributed by atoms with Crippen LogP contribution in [0.1, 0.15) is 15.9 Å². The van der Waals surface area contributed by atoms with Gasteiger partial charge in [-0.05, 0) is 43.0 Å². The first kappa shape index (κ1) is 16.3. The van der Waals surface area contributed by atoms with Gasteiger partial charge in [0.15, 0.2) is 4.80 Å². The van der Waals surface area contributed by atoms with Crippen molar-refractivity contribution < 1.29 is 4.79 Å². The van der Waals surface area contributed by atoms with Crippen LogP contribution in [0.15, 0.2) is 46.3 Å². The van der Waals surface area contributed by atoms with Gasteiger partial charge in [0.1, 0.15) is 0 Å². The number of carbonyl (C=O) groups excluding carboxylic acids is 1. The molecule has 0 saturated heterocycles. The first-order chi connectivity index (χ1) is 11.0. The van der Waals surface area contributed by atoms with Crippen molar-refractivity contribution in [3.63, 3.8) is 0 Å². The fourth-order valence-electron chi connectivity index (χ4n) is 2.54. The number of nitrogens with zero attached hydrogens (tertiary/aromatic N) is 2. The summed E-state index contributed by atoms with van der Waals surface area (Å²) in [6.45, 7) is 2.01. The number of aromatic nitrogens is 1. The largest absolute Gasteiger partial charge is 0.319 e. The molecule has 3 nitrogen and oxygen atoms in total. The van der Waals surface area contributed by atoms with Crippen LogP contribution in [0.4, 0.5) is 0 Å². The number of benzene rings is 2. The number of fused-ring (bicyclic) bond motifs is 1. The number of carbonyl (C=O) groups is 1. The smallest absolute Gasteiger partial charge is 0.280 e. The van der Waals surface area contributed by atoms with Crippen molar-refractivity contribution in [3.8, 4) is 0 Å². The number of hydrogen-bond acceptors (Lipinski definition) is 3. The molecule has 0 saturated carbocycles. The minimum Gasteiger partial charge on any atom is -0.319 e. The summed E-state index contributed by atoms with van der Waals surface area (Å²) in [6, 6.07) is 11.4. The summed E-state index contributed by atoms with van der Waals surface area (Å²) >= 11 is 9.14. The van der Waals surface area contributed by atoms with E-state index in [4.69, 9.17) is 11.6 Å². The summed E-state index contributed by atoms with van der Waals surface area (Å²) in [4.78, 5) is 18.5. The van der Waals surface area contributed by atoms with Crippen LogP contribution in [-0.2, 0) is 7.05 Å². The summed E-state index contributed by atoms with van der Waals surface area (Å²) in [5.74, 6) is -0.221. The van der Waals surface area contributed by atoms with E-state index in [1.165, 1.54) is 11.3 Å². The molecule has 23 heavy (non-hydrogen) atoms. The Bertz CT molecular complexity index is 972. The van der Waals surface area contributed by atoms with E-state index in [0.29, 0.717) is 15.4 Å². The predicted molar refractivity (Wildman–Crippen MR) is 98.7 cm³/mol. The highest BCUT2D eigenvalue weighted by atomic mass is 35.5. The molecule has 2 aromatic carbocycles. The number of halogens is 1. The van der Waals surface area contributed by atoms with E-state index < -0.39 is 0 Å². The molecule has 3 aromatic rings. The van der Waals surface area contributed by atoms with Crippen molar-refractivity contribution in [2.75, 3.05) is 6.26 Å². The Kier molecular flexibility index (Phi) is 4.62. The second-order valence-electron chi connectivity index (χ2n) is 5.13. The Morgan fingerprint density at radius 3 is 2.78 bits per heavy atom. The van der Waals surface area contributed by atoms with E-state index in [1.54, 1.807) is 11.8 Å². The second-order valence-corrected chi connectivity index (χ2v) is 7.42. The van der Waals surface area contributed by atoms with Crippen LogP contribution < -0.4 is 4.80 Å². The van der Waals surface area contributed by atoms with Crippen LogP contribution >= 0.6 is 34.7 Å². The molecule has 0 fully saturated rings. The van der Waals surface area contributed by atoms with E-state index >= 15 is 0 Å². The zero-order chi connectivity index (χ0) is 16.6. The van der Waals surface area contributed by atoms with Crippen LogP contribution in [0.3, 0.4) is 0 Å². The van der Waals surface area contributed by atoms with Gasteiger partial charge < -0.3 is 4.57 Å². The highest BCUT2D eigenvalue weighted by Crippen LogP contribution is 2.25. The lowest BCUT2D eigenvalue weighted by Gasteiger charge is -2.02. The molecule has 0 atom stereocenters. The van der Waals surface area contributed by atoms with Crippen molar-refractivity contribution in [1.82, 2.24) is 4.57 Å². The molecular weight excluding hydrogens is 348 g/mol. The van der Waals surface area contributed by atoms with Gasteiger partial charge >= 0.3 is 0 Å². The normalized spacial score (nSPS) is 12.1. The van der Waals surface area contributed by atoms with Crippen LogP contribution in [0.2, 0.25) is 5.02 Å². The minimum absolute atomic E-state index is 0.221. The average Bonchev–Trinajstić information content (AvgIpc) is 2.83. The first-order valence-electron chi connectivity index (χ1n) is 6.99. The van der Waals surface area contributed by atoms with Crippen molar-refractivity contribution in [1.29, 1.82) is 0 Å². The Morgan fingerprint density at radius 1 is 1.30 bits per heavy atom. The van der Waals surface area contributed by atoms with Gasteiger partial charge in [0, 0.05) is 17.0 Å². The molecule has 3 rings (SSSR count). The predicted octanol–water partition coefficient (Wildman–Crippen LogP) is 4.66. The standard InChI is InChI=1S/C17H15ClN2OS2/c1-10-8-11(18)9-14-15(10)20(2)17(23-14)19-16(21)12-6-4-5-7-13(12)22-3/h4-9H,1-3H3. The third-order valence-corrected chi connectivity index (χ3v) is 5.68. The Balaban J connectivity index is 2.16. The molecule has 0 unspecified atom stereocenters. The van der Waals surface area contributed by atoms with Gasteiger partial charge in [0.2, 0.25) is 0 Å². The van der Waals surface area contributed by atoms with Gasteiger partial charge in [0.25, 0.3) is 5.91 Å². The monoisotopic (exact) mass is 362 g/mol. The van der Waals surface area contributed by atoms with Gasteiger partial charge in [-0.3, -0.25) is 4.79 Å². The Labute approximate surface area is 147 Å². The van der Waals surface area contributed by atoms with Crippen molar-refractivity contribution >= 4 is 50.8 Å². The van der Waals surface area contributed by atoms with Crippen LogP contribution in [0.25, 0.3) is 10.2 Å². The maximum atomic E-state index is 12.6. The van der Waals surface area contributed by atoms with E-state index in [2.05, 4.69) is 4.99 Å². The quantitative estimate of drug-likeness (QED) is 0.621. The van der Waals surface area contributed by atoms with Gasteiger partial charge in [-0.25, -0.2) is 0 Å². The second kappa shape index (κ2) is 6.51. The SMILES string of the molecule is CSc1ccccc1C(=O)N=c1sc2cc(Cl)cc(C)c2n1C. The van der Waals surface area contributed by atoms with Crippen LogP contribution in [0, 0.1) is 6.92 Å². The topological polar surface area (TPSA) is 34.4 Å². The maximum Gasteiger partial charge on any atom is 0.280 e. The summed E-state index contributed by atoms with van der Waals surface area (Å²) in [5, 5.41) is 0.697. The molecule has 1 amide bonds. The molecular formula is C17H15ClN2OS2. The molecule has 0 spiro atoms. The average molecular weight is 363 g/mol. The lowest BCUT2D eigenvalue weighted by molar-refractivity contribution is 0.0995. The molecule has 0 aliphatic carbocycles. The third kappa shape index (κ3) is 3.09. The number of hydrogen-bond donors (Lipinski definition) is 0. The number of aryl methyl sites for hydroxylation is 2. The fourth-order valence-corrected chi connectivity index (χ4v) is 4.60.